The van der Waals surface area contributed by atoms with Gasteiger partial charge in [-0.15, -0.1) is 0 Å². The molecule has 3 rings (SSSR count). The summed E-state index contributed by atoms with van der Waals surface area (Å²) in [6, 6.07) is 7.47. The predicted molar refractivity (Wildman–Crippen MR) is 92.6 cm³/mol. The molecule has 7 nitrogen and oxygen atoms in total. The number of carbonyl (C=O) groups excluding carboxylic acids is 2. The summed E-state index contributed by atoms with van der Waals surface area (Å²) in [5.41, 5.74) is 1.01. The molecule has 0 spiro atoms. The van der Waals surface area contributed by atoms with Gasteiger partial charge in [-0.2, -0.15) is 0 Å². The van der Waals surface area contributed by atoms with Gasteiger partial charge in [-0.25, -0.2) is 9.59 Å². The molecule has 2 N–H and O–H groups in total. The third kappa shape index (κ3) is 4.35. The molecule has 2 aliphatic heterocycles. The summed E-state index contributed by atoms with van der Waals surface area (Å²) in [4.78, 5) is 25.7. The topological polar surface area (TPSA) is 79.9 Å². The zero-order valence-corrected chi connectivity index (χ0v) is 14.5. The number of hydrogen-bond acceptors (Lipinski definition) is 4. The van der Waals surface area contributed by atoms with Crippen molar-refractivity contribution in [2.45, 2.75) is 37.8 Å². The molecule has 3 amide bonds. The fourth-order valence-corrected chi connectivity index (χ4v) is 3.45. The van der Waals surface area contributed by atoms with Crippen LogP contribution < -0.4 is 15.4 Å². The van der Waals surface area contributed by atoms with Crippen LogP contribution in [0.15, 0.2) is 24.3 Å². The van der Waals surface area contributed by atoms with E-state index < -0.39 is 0 Å². The Balaban J connectivity index is 1.58. The van der Waals surface area contributed by atoms with E-state index in [1.165, 1.54) is 7.11 Å². The second kappa shape index (κ2) is 8.09. The first-order valence-corrected chi connectivity index (χ1v) is 8.79. The number of nitrogens with one attached hydrogen (secondary N) is 2. The molecular formula is C18H25N3O4. The van der Waals surface area contributed by atoms with E-state index in [9.17, 15) is 9.59 Å². The van der Waals surface area contributed by atoms with Crippen molar-refractivity contribution < 1.29 is 19.1 Å². The molecule has 2 aliphatic rings. The molecule has 136 valence electrons. The summed E-state index contributed by atoms with van der Waals surface area (Å²) in [7, 11) is 1.37. The lowest BCUT2D eigenvalue weighted by Gasteiger charge is -2.32. The van der Waals surface area contributed by atoms with Crippen molar-refractivity contribution in [2.75, 3.05) is 26.8 Å². The van der Waals surface area contributed by atoms with Crippen molar-refractivity contribution in [3.8, 4) is 5.75 Å². The Kier molecular flexibility index (Phi) is 5.63. The molecule has 7 heteroatoms. The summed E-state index contributed by atoms with van der Waals surface area (Å²) in [6.45, 7) is 1.80. The second-order valence-corrected chi connectivity index (χ2v) is 6.45. The lowest BCUT2D eigenvalue weighted by atomic mass is 10.0. The summed E-state index contributed by atoms with van der Waals surface area (Å²) in [5, 5.41) is 6.04. The number of ether oxygens (including phenoxy) is 2. The number of fused-ring (bicyclic) bond motifs is 1. The van der Waals surface area contributed by atoms with Crippen LogP contribution in [0, 0.1) is 0 Å². The van der Waals surface area contributed by atoms with E-state index in [0.717, 1.165) is 37.0 Å². The summed E-state index contributed by atoms with van der Waals surface area (Å²) in [6.07, 6.45) is 3.08. The van der Waals surface area contributed by atoms with Crippen molar-refractivity contribution in [1.82, 2.24) is 15.5 Å². The number of methoxy groups -OCH3 is 1. The van der Waals surface area contributed by atoms with Gasteiger partial charge >= 0.3 is 12.1 Å². The van der Waals surface area contributed by atoms with Crippen LogP contribution in [-0.4, -0.2) is 49.9 Å². The molecule has 0 unspecified atom stereocenters. The van der Waals surface area contributed by atoms with E-state index >= 15 is 0 Å². The lowest BCUT2D eigenvalue weighted by Crippen LogP contribution is -2.52. The summed E-state index contributed by atoms with van der Waals surface area (Å²) >= 11 is 0. The number of piperidine rings is 1. The van der Waals surface area contributed by atoms with Gasteiger partial charge in [0.2, 0.25) is 0 Å². The van der Waals surface area contributed by atoms with E-state index in [1.807, 2.05) is 24.3 Å². The Morgan fingerprint density at radius 1 is 1.20 bits per heavy atom. The van der Waals surface area contributed by atoms with Gasteiger partial charge < -0.3 is 25.0 Å². The fraction of sp³-hybridized carbons (Fsp3) is 0.556. The highest BCUT2D eigenvalue weighted by molar-refractivity contribution is 5.75. The Hall–Kier alpha value is -2.44. The number of urea groups is 1. The van der Waals surface area contributed by atoms with E-state index in [4.69, 9.17) is 9.47 Å². The average molecular weight is 347 g/mol. The maximum absolute atomic E-state index is 12.4. The van der Waals surface area contributed by atoms with Gasteiger partial charge in [0.1, 0.15) is 5.75 Å². The molecule has 0 saturated carbocycles. The zero-order chi connectivity index (χ0) is 17.6. The third-order valence-electron chi connectivity index (χ3n) is 4.68. The highest BCUT2D eigenvalue weighted by Gasteiger charge is 2.27. The van der Waals surface area contributed by atoms with Crippen LogP contribution in [0.2, 0.25) is 0 Å². The molecule has 0 radical (unpaired) electrons. The minimum Gasteiger partial charge on any atom is -0.493 e. The number of rotatable bonds is 2. The van der Waals surface area contributed by atoms with Crippen LogP contribution >= 0.6 is 0 Å². The summed E-state index contributed by atoms with van der Waals surface area (Å²) in [5.74, 6) is 0.833. The first-order valence-electron chi connectivity index (χ1n) is 8.79. The van der Waals surface area contributed by atoms with Crippen LogP contribution in [0.25, 0.3) is 0 Å². The van der Waals surface area contributed by atoms with Crippen LogP contribution in [0.5, 0.6) is 5.75 Å². The largest absolute Gasteiger partial charge is 0.493 e. The van der Waals surface area contributed by atoms with Gasteiger partial charge in [0.05, 0.1) is 19.8 Å². The highest BCUT2D eigenvalue weighted by atomic mass is 16.5. The predicted octanol–water partition coefficient (Wildman–Crippen LogP) is 2.43. The maximum atomic E-state index is 12.4. The lowest BCUT2D eigenvalue weighted by molar-refractivity contribution is 0.108. The van der Waals surface area contributed by atoms with Gasteiger partial charge in [-0.05, 0) is 31.7 Å². The monoisotopic (exact) mass is 347 g/mol. The van der Waals surface area contributed by atoms with Gasteiger partial charge in [-0.1, -0.05) is 18.2 Å². The Morgan fingerprint density at radius 2 is 2.04 bits per heavy atom. The van der Waals surface area contributed by atoms with E-state index in [1.54, 1.807) is 4.90 Å². The molecule has 1 fully saturated rings. The molecule has 0 aliphatic carbocycles. The molecule has 1 aromatic rings. The van der Waals surface area contributed by atoms with Crippen molar-refractivity contribution in [1.29, 1.82) is 0 Å². The molecular weight excluding hydrogens is 322 g/mol. The zero-order valence-electron chi connectivity index (χ0n) is 14.5. The van der Waals surface area contributed by atoms with Crippen molar-refractivity contribution >= 4 is 12.1 Å². The maximum Gasteiger partial charge on any atom is 0.409 e. The first kappa shape index (κ1) is 17.4. The normalized spacial score (nSPS) is 22.8. The average Bonchev–Trinajstić information content (AvgIpc) is 2.83. The van der Waals surface area contributed by atoms with Crippen LogP contribution in [0.3, 0.4) is 0 Å². The third-order valence-corrected chi connectivity index (χ3v) is 4.68. The van der Waals surface area contributed by atoms with Gasteiger partial charge in [0, 0.05) is 24.7 Å². The minimum atomic E-state index is -0.346. The number of carbonyl (C=O) groups is 2. The second-order valence-electron chi connectivity index (χ2n) is 6.45. The van der Waals surface area contributed by atoms with Crippen molar-refractivity contribution in [2.24, 2.45) is 0 Å². The number of hydrogen-bond donors (Lipinski definition) is 2. The first-order chi connectivity index (χ1) is 12.2. The Labute approximate surface area is 147 Å². The van der Waals surface area contributed by atoms with E-state index in [2.05, 4.69) is 10.6 Å². The molecule has 0 aromatic heterocycles. The number of amides is 3. The Bertz CT molecular complexity index is 622. The standard InChI is InChI=1S/C18H25N3O4/c1-24-18(23)21-10-4-6-13(12-21)19-17(22)20-15-8-5-11-25-16-9-3-2-7-14(15)16/h2-3,7,9,13,15H,4-6,8,10-12H2,1H3,(H2,19,20,22)/t13-,15-/m1/s1. The minimum absolute atomic E-state index is 0.0647. The number of para-hydroxylation sites is 1. The summed E-state index contributed by atoms with van der Waals surface area (Å²) < 4.78 is 10.5. The highest BCUT2D eigenvalue weighted by Crippen LogP contribution is 2.31. The van der Waals surface area contributed by atoms with Gasteiger partial charge in [0.15, 0.2) is 0 Å². The van der Waals surface area contributed by atoms with Crippen molar-refractivity contribution in [3.63, 3.8) is 0 Å². The van der Waals surface area contributed by atoms with Crippen molar-refractivity contribution in [3.05, 3.63) is 29.8 Å². The van der Waals surface area contributed by atoms with Gasteiger partial charge in [0.25, 0.3) is 0 Å². The molecule has 0 bridgehead atoms. The Morgan fingerprint density at radius 3 is 2.88 bits per heavy atom. The molecule has 2 atom stereocenters. The molecule has 1 aromatic carbocycles. The van der Waals surface area contributed by atoms with E-state index in [0.29, 0.717) is 19.7 Å². The number of likely N-dealkylation sites (tertiary alicyclic amines) is 1. The van der Waals surface area contributed by atoms with E-state index in [-0.39, 0.29) is 24.2 Å². The van der Waals surface area contributed by atoms with Crippen LogP contribution in [-0.2, 0) is 4.74 Å². The molecule has 2 heterocycles. The molecule has 1 saturated heterocycles. The van der Waals surface area contributed by atoms with Crippen LogP contribution in [0.1, 0.15) is 37.3 Å². The smallest absolute Gasteiger partial charge is 0.409 e. The quantitative estimate of drug-likeness (QED) is 0.861. The number of nitrogens with zero attached hydrogens (tertiary/aromatic N) is 1. The van der Waals surface area contributed by atoms with Gasteiger partial charge in [-0.3, -0.25) is 0 Å². The fourth-order valence-electron chi connectivity index (χ4n) is 3.45. The SMILES string of the molecule is COC(=O)N1CCC[C@@H](NC(=O)N[C@@H]2CCCOc3ccccc32)C1. The van der Waals surface area contributed by atoms with Crippen LogP contribution in [0.4, 0.5) is 9.59 Å². The molecule has 25 heavy (non-hydrogen) atoms. The number of benzene rings is 1.